The number of likely N-dealkylation sites (N-methyl/N-ethyl adjacent to an activating group) is 1. The summed E-state index contributed by atoms with van der Waals surface area (Å²) in [6, 6.07) is 6.31. The van der Waals surface area contributed by atoms with E-state index in [1.807, 2.05) is 44.1 Å². The number of rotatable bonds is 4. The average Bonchev–Trinajstić information content (AvgIpc) is 2.61. The fourth-order valence-electron chi connectivity index (χ4n) is 3.03. The van der Waals surface area contributed by atoms with Gasteiger partial charge in [0.15, 0.2) is 5.82 Å². The van der Waals surface area contributed by atoms with Crippen molar-refractivity contribution < 1.29 is 0 Å². The number of aryl methyl sites for hydroxylation is 1. The molecule has 7 nitrogen and oxygen atoms in total. The third kappa shape index (κ3) is 3.55. The van der Waals surface area contributed by atoms with E-state index in [0.29, 0.717) is 6.04 Å². The second-order valence-corrected chi connectivity index (χ2v) is 6.50. The molecule has 3 heterocycles. The lowest BCUT2D eigenvalue weighted by Gasteiger charge is -2.38. The average molecular weight is 327 g/mol. The zero-order valence-electron chi connectivity index (χ0n) is 14.8. The molecule has 0 N–H and O–H groups in total. The van der Waals surface area contributed by atoms with E-state index in [4.69, 9.17) is 4.98 Å². The normalized spacial score (nSPS) is 17.7. The molecule has 0 saturated carbocycles. The van der Waals surface area contributed by atoms with Crippen LogP contribution >= 0.6 is 0 Å². The number of hydrogen-bond acceptors (Lipinski definition) is 7. The highest BCUT2D eigenvalue weighted by Crippen LogP contribution is 2.23. The Hall–Kier alpha value is -2.44. The first-order chi connectivity index (χ1) is 11.5. The van der Waals surface area contributed by atoms with E-state index in [2.05, 4.69) is 32.0 Å². The van der Waals surface area contributed by atoms with Crippen molar-refractivity contribution in [1.82, 2.24) is 20.2 Å². The van der Waals surface area contributed by atoms with Crippen LogP contribution in [-0.2, 0) is 0 Å². The Bertz CT molecular complexity index is 674. The molecule has 0 aromatic carbocycles. The van der Waals surface area contributed by atoms with Crippen LogP contribution in [0.25, 0.3) is 0 Å². The molecule has 1 saturated heterocycles. The molecule has 2 aromatic heterocycles. The van der Waals surface area contributed by atoms with Gasteiger partial charge in [-0.2, -0.15) is 10.1 Å². The number of nitrogens with zero attached hydrogens (tertiary/aromatic N) is 7. The van der Waals surface area contributed by atoms with Gasteiger partial charge in [-0.1, -0.05) is 0 Å². The molecule has 7 heteroatoms. The molecule has 1 atom stereocenters. The van der Waals surface area contributed by atoms with E-state index in [9.17, 15) is 0 Å². The van der Waals surface area contributed by atoms with E-state index >= 15 is 0 Å². The first-order valence-corrected chi connectivity index (χ1v) is 8.33. The number of aromatic nitrogens is 4. The van der Waals surface area contributed by atoms with Gasteiger partial charge in [-0.3, -0.25) is 0 Å². The number of piperidine rings is 1. The highest BCUT2D eigenvalue weighted by atomic mass is 15.3. The van der Waals surface area contributed by atoms with Crippen molar-refractivity contribution in [3.63, 3.8) is 0 Å². The lowest BCUT2D eigenvalue weighted by Crippen LogP contribution is -2.47. The third-order valence-corrected chi connectivity index (χ3v) is 4.43. The van der Waals surface area contributed by atoms with Crippen molar-refractivity contribution >= 4 is 17.6 Å². The molecular formula is C17H25N7. The molecule has 0 aliphatic carbocycles. The zero-order valence-corrected chi connectivity index (χ0v) is 14.8. The van der Waals surface area contributed by atoms with Crippen LogP contribution in [0.15, 0.2) is 24.4 Å². The van der Waals surface area contributed by atoms with Gasteiger partial charge in [0.2, 0.25) is 5.95 Å². The van der Waals surface area contributed by atoms with Gasteiger partial charge in [-0.15, -0.1) is 5.10 Å². The molecule has 1 aliphatic rings. The molecule has 128 valence electrons. The van der Waals surface area contributed by atoms with Crippen LogP contribution in [0.5, 0.6) is 0 Å². The van der Waals surface area contributed by atoms with Crippen LogP contribution in [0.2, 0.25) is 0 Å². The van der Waals surface area contributed by atoms with Gasteiger partial charge in [0.1, 0.15) is 5.82 Å². The van der Waals surface area contributed by atoms with Crippen LogP contribution in [-0.4, -0.2) is 60.4 Å². The maximum atomic E-state index is 4.70. The Labute approximate surface area is 143 Å². The largest absolute Gasteiger partial charge is 0.363 e. The molecular weight excluding hydrogens is 302 g/mol. The molecule has 0 bridgehead atoms. The predicted molar refractivity (Wildman–Crippen MR) is 96.8 cm³/mol. The van der Waals surface area contributed by atoms with Crippen LogP contribution in [0.1, 0.15) is 18.5 Å². The Morgan fingerprint density at radius 1 is 1.21 bits per heavy atom. The third-order valence-electron chi connectivity index (χ3n) is 4.43. The van der Waals surface area contributed by atoms with Crippen molar-refractivity contribution in [2.75, 3.05) is 48.9 Å². The lowest BCUT2D eigenvalue weighted by atomic mass is 10.0. The summed E-state index contributed by atoms with van der Waals surface area (Å²) in [4.78, 5) is 15.8. The Balaban J connectivity index is 1.78. The van der Waals surface area contributed by atoms with Crippen molar-refractivity contribution in [1.29, 1.82) is 0 Å². The van der Waals surface area contributed by atoms with E-state index in [0.717, 1.165) is 49.2 Å². The molecule has 1 aliphatic heterocycles. The Morgan fingerprint density at radius 2 is 2.04 bits per heavy atom. The number of anilines is 3. The minimum absolute atomic E-state index is 0.359. The van der Waals surface area contributed by atoms with Crippen molar-refractivity contribution in [3.05, 3.63) is 30.1 Å². The lowest BCUT2D eigenvalue weighted by molar-refractivity contribution is 0.479. The van der Waals surface area contributed by atoms with Gasteiger partial charge < -0.3 is 14.7 Å². The van der Waals surface area contributed by atoms with Crippen molar-refractivity contribution in [2.24, 2.45) is 0 Å². The minimum Gasteiger partial charge on any atom is -0.363 e. The summed E-state index contributed by atoms with van der Waals surface area (Å²) < 4.78 is 0. The van der Waals surface area contributed by atoms with Gasteiger partial charge >= 0.3 is 0 Å². The summed E-state index contributed by atoms with van der Waals surface area (Å²) in [5.41, 5.74) is 0.983. The molecule has 24 heavy (non-hydrogen) atoms. The number of hydrogen-bond donors (Lipinski definition) is 0. The van der Waals surface area contributed by atoms with Gasteiger partial charge in [0, 0.05) is 58.2 Å². The van der Waals surface area contributed by atoms with E-state index in [1.165, 1.54) is 0 Å². The van der Waals surface area contributed by atoms with Gasteiger partial charge in [0.25, 0.3) is 0 Å². The maximum absolute atomic E-state index is 4.70. The summed E-state index contributed by atoms with van der Waals surface area (Å²) >= 11 is 0. The van der Waals surface area contributed by atoms with Crippen molar-refractivity contribution in [2.45, 2.75) is 25.8 Å². The second-order valence-electron chi connectivity index (χ2n) is 6.50. The highest BCUT2D eigenvalue weighted by molar-refractivity contribution is 5.46. The van der Waals surface area contributed by atoms with E-state index in [-0.39, 0.29) is 0 Å². The summed E-state index contributed by atoms with van der Waals surface area (Å²) in [6.45, 7) is 3.93. The van der Waals surface area contributed by atoms with Crippen molar-refractivity contribution in [3.8, 4) is 0 Å². The predicted octanol–water partition coefficient (Wildman–Crippen LogP) is 1.75. The molecule has 3 rings (SSSR count). The van der Waals surface area contributed by atoms with Crippen LogP contribution < -0.4 is 14.7 Å². The zero-order chi connectivity index (χ0) is 17.1. The van der Waals surface area contributed by atoms with E-state index < -0.39 is 0 Å². The van der Waals surface area contributed by atoms with Gasteiger partial charge in [-0.25, -0.2) is 4.98 Å². The minimum atomic E-state index is 0.359. The fraction of sp³-hybridized carbons (Fsp3) is 0.529. The quantitative estimate of drug-likeness (QED) is 0.847. The van der Waals surface area contributed by atoms with Crippen LogP contribution in [0, 0.1) is 6.92 Å². The topological polar surface area (TPSA) is 61.3 Å². The van der Waals surface area contributed by atoms with Crippen LogP contribution in [0.4, 0.5) is 17.6 Å². The van der Waals surface area contributed by atoms with Gasteiger partial charge in [-0.05, 0) is 31.9 Å². The van der Waals surface area contributed by atoms with Gasteiger partial charge in [0.05, 0.1) is 0 Å². The maximum Gasteiger partial charge on any atom is 0.227 e. The molecule has 1 fully saturated rings. The summed E-state index contributed by atoms with van der Waals surface area (Å²) in [6.07, 6.45) is 3.96. The fourth-order valence-corrected chi connectivity index (χ4v) is 3.03. The Morgan fingerprint density at radius 3 is 2.75 bits per heavy atom. The first-order valence-electron chi connectivity index (χ1n) is 8.33. The molecule has 2 aromatic rings. The smallest absolute Gasteiger partial charge is 0.227 e. The highest BCUT2D eigenvalue weighted by Gasteiger charge is 2.26. The first kappa shape index (κ1) is 16.4. The second kappa shape index (κ2) is 6.98. The Kier molecular flexibility index (Phi) is 4.78. The molecule has 1 unspecified atom stereocenters. The monoisotopic (exact) mass is 327 g/mol. The molecule has 0 amide bonds. The van der Waals surface area contributed by atoms with E-state index in [1.54, 1.807) is 6.20 Å². The molecule has 0 spiro atoms. The summed E-state index contributed by atoms with van der Waals surface area (Å²) in [5, 5.41) is 8.23. The molecule has 0 radical (unpaired) electrons. The summed E-state index contributed by atoms with van der Waals surface area (Å²) in [5.74, 6) is 2.66. The SMILES string of the molecule is Cc1cc(N(C)C)nc(N(C)C2CCCN(c3cccnn3)C2)n1. The summed E-state index contributed by atoms with van der Waals surface area (Å²) in [7, 11) is 6.09. The van der Waals surface area contributed by atoms with Crippen LogP contribution in [0.3, 0.4) is 0 Å². The standard InChI is InChI=1S/C17H25N7/c1-13-11-16(22(2)3)20-17(19-13)23(4)14-7-6-10-24(12-14)15-8-5-9-18-21-15/h5,8-9,11,14H,6-7,10,12H2,1-4H3.